The number of hydrogen-bond donors (Lipinski definition) is 1. The predicted octanol–water partition coefficient (Wildman–Crippen LogP) is 4.87. The molecule has 2 fully saturated rings. The molecular weight excluding hydrogens is 470 g/mol. The lowest BCUT2D eigenvalue weighted by atomic mass is 9.95. The summed E-state index contributed by atoms with van der Waals surface area (Å²) in [5, 5.41) is 11.2. The third-order valence-electron chi connectivity index (χ3n) is 6.77. The Morgan fingerprint density at radius 2 is 1.68 bits per heavy atom. The Kier molecular flexibility index (Phi) is 7.23. The molecule has 0 spiro atoms. The Labute approximate surface area is 215 Å². The molecule has 7 heteroatoms. The number of aliphatic hydroxyl groups excluding tert-OH is 1. The number of hydrogen-bond acceptors (Lipinski definition) is 6. The smallest absolute Gasteiger partial charge is 0.295 e. The van der Waals surface area contributed by atoms with Gasteiger partial charge >= 0.3 is 0 Å². The Balaban J connectivity index is 1.47. The second-order valence-electron chi connectivity index (χ2n) is 9.16. The lowest BCUT2D eigenvalue weighted by molar-refractivity contribution is -0.140. The number of amides is 1. The molecule has 5 rings (SSSR count). The fourth-order valence-electron chi connectivity index (χ4n) is 4.81. The van der Waals surface area contributed by atoms with Crippen LogP contribution in [0.3, 0.4) is 0 Å². The first-order chi connectivity index (χ1) is 18.0. The number of Topliss-reactive ketones (excluding diaryl/α,β-unsaturated/α-hetero) is 1. The maximum absolute atomic E-state index is 13.2. The number of likely N-dealkylation sites (tertiary alicyclic amines) is 1. The largest absolute Gasteiger partial charge is 0.507 e. The summed E-state index contributed by atoms with van der Waals surface area (Å²) in [6.45, 7) is 1.34. The molecule has 1 amide bonds. The van der Waals surface area contributed by atoms with Crippen molar-refractivity contribution in [3.63, 3.8) is 0 Å². The zero-order valence-electron chi connectivity index (χ0n) is 20.6. The third kappa shape index (κ3) is 5.22. The van der Waals surface area contributed by atoms with E-state index in [9.17, 15) is 14.7 Å². The first-order valence-corrected chi connectivity index (χ1v) is 12.4. The molecular formula is C30H29NO6. The minimum Gasteiger partial charge on any atom is -0.507 e. The van der Waals surface area contributed by atoms with Crippen LogP contribution < -0.4 is 9.47 Å². The number of ketones is 1. The summed E-state index contributed by atoms with van der Waals surface area (Å²) in [7, 11) is 1.55. The lowest BCUT2D eigenvalue weighted by Gasteiger charge is -2.27. The van der Waals surface area contributed by atoms with Crippen molar-refractivity contribution in [2.75, 3.05) is 20.3 Å². The number of carbonyl (C=O) groups is 2. The maximum Gasteiger partial charge on any atom is 0.295 e. The van der Waals surface area contributed by atoms with Crippen LogP contribution in [-0.2, 0) is 20.9 Å². The van der Waals surface area contributed by atoms with E-state index in [0.717, 1.165) is 18.4 Å². The van der Waals surface area contributed by atoms with Crippen LogP contribution in [0.2, 0.25) is 0 Å². The van der Waals surface area contributed by atoms with E-state index in [1.54, 1.807) is 31.4 Å². The zero-order valence-corrected chi connectivity index (χ0v) is 20.6. The molecule has 0 aromatic heterocycles. The number of rotatable bonds is 8. The highest BCUT2D eigenvalue weighted by Crippen LogP contribution is 2.40. The molecule has 0 unspecified atom stereocenters. The van der Waals surface area contributed by atoms with Gasteiger partial charge in [0.15, 0.2) is 0 Å². The molecule has 2 atom stereocenters. The van der Waals surface area contributed by atoms with Crippen LogP contribution in [0.15, 0.2) is 84.4 Å². The highest BCUT2D eigenvalue weighted by Gasteiger charge is 2.47. The molecule has 1 N–H and O–H groups in total. The van der Waals surface area contributed by atoms with E-state index in [-0.39, 0.29) is 24.0 Å². The average molecular weight is 500 g/mol. The van der Waals surface area contributed by atoms with E-state index >= 15 is 0 Å². The van der Waals surface area contributed by atoms with Crippen molar-refractivity contribution in [1.29, 1.82) is 0 Å². The van der Waals surface area contributed by atoms with Crippen LogP contribution in [0.5, 0.6) is 11.5 Å². The topological polar surface area (TPSA) is 85.3 Å². The molecule has 2 aliphatic rings. The monoisotopic (exact) mass is 499 g/mol. The normalized spacial score (nSPS) is 20.8. The first-order valence-electron chi connectivity index (χ1n) is 12.4. The molecule has 3 aromatic rings. The second kappa shape index (κ2) is 10.9. The molecule has 0 aliphatic carbocycles. The van der Waals surface area contributed by atoms with E-state index in [4.69, 9.17) is 14.2 Å². The maximum atomic E-state index is 13.2. The highest BCUT2D eigenvalue weighted by molar-refractivity contribution is 6.46. The van der Waals surface area contributed by atoms with Gasteiger partial charge < -0.3 is 24.2 Å². The number of nitrogens with zero attached hydrogens (tertiary/aromatic N) is 1. The molecule has 0 bridgehead atoms. The van der Waals surface area contributed by atoms with Crippen LogP contribution in [-0.4, -0.2) is 48.1 Å². The van der Waals surface area contributed by atoms with E-state index in [1.165, 1.54) is 4.90 Å². The SMILES string of the molecule is COc1ccc(C(O)=C2C(=O)C(=O)N(C[C@@H]3CCCO3)[C@H]2c2ccc(OCc3ccccc3)cc2)cc1. The minimum absolute atomic E-state index is 0.0612. The quantitative estimate of drug-likeness (QED) is 0.270. The number of methoxy groups -OCH3 is 1. The van der Waals surface area contributed by atoms with Gasteiger partial charge in [0, 0.05) is 18.7 Å². The van der Waals surface area contributed by atoms with Crippen LogP contribution in [0.4, 0.5) is 0 Å². The minimum atomic E-state index is -0.741. The highest BCUT2D eigenvalue weighted by atomic mass is 16.5. The van der Waals surface area contributed by atoms with E-state index in [1.807, 2.05) is 54.6 Å². The summed E-state index contributed by atoms with van der Waals surface area (Å²) in [4.78, 5) is 27.9. The molecule has 2 aliphatic heterocycles. The van der Waals surface area contributed by atoms with Gasteiger partial charge in [0.2, 0.25) is 0 Å². The van der Waals surface area contributed by atoms with E-state index < -0.39 is 17.7 Å². The predicted molar refractivity (Wildman–Crippen MR) is 138 cm³/mol. The average Bonchev–Trinajstić information content (AvgIpc) is 3.55. The molecule has 0 radical (unpaired) electrons. The third-order valence-corrected chi connectivity index (χ3v) is 6.77. The molecule has 37 heavy (non-hydrogen) atoms. The van der Waals surface area contributed by atoms with Crippen LogP contribution in [0.1, 0.15) is 35.6 Å². The summed E-state index contributed by atoms with van der Waals surface area (Å²) in [5.74, 6) is -0.275. The van der Waals surface area contributed by atoms with Crippen LogP contribution >= 0.6 is 0 Å². The van der Waals surface area contributed by atoms with Gasteiger partial charge in [-0.1, -0.05) is 42.5 Å². The second-order valence-corrected chi connectivity index (χ2v) is 9.16. The van der Waals surface area contributed by atoms with Gasteiger partial charge in [-0.15, -0.1) is 0 Å². The van der Waals surface area contributed by atoms with Crippen molar-refractivity contribution in [3.8, 4) is 11.5 Å². The number of benzene rings is 3. The Bertz CT molecular complexity index is 1280. The Morgan fingerprint density at radius 1 is 0.973 bits per heavy atom. The molecule has 3 aromatic carbocycles. The Hall–Kier alpha value is -4.10. The van der Waals surface area contributed by atoms with Gasteiger partial charge in [-0.3, -0.25) is 9.59 Å². The summed E-state index contributed by atoms with van der Waals surface area (Å²) < 4.78 is 16.9. The molecule has 2 heterocycles. The molecule has 190 valence electrons. The fraction of sp³-hybridized carbons (Fsp3) is 0.267. The van der Waals surface area contributed by atoms with Gasteiger partial charge in [0.05, 0.1) is 24.8 Å². The fourth-order valence-corrected chi connectivity index (χ4v) is 4.81. The van der Waals surface area contributed by atoms with Gasteiger partial charge in [0.25, 0.3) is 11.7 Å². The summed E-state index contributed by atoms with van der Waals surface area (Å²) in [6, 6.07) is 23.2. The van der Waals surface area contributed by atoms with Crippen molar-refractivity contribution < 1.29 is 28.9 Å². The standard InChI is InChI=1S/C30H29NO6/c1-35-23-13-11-22(12-14-23)28(32)26-27(31(30(34)29(26)33)18-25-8-5-17-36-25)21-9-15-24(16-10-21)37-19-20-6-3-2-4-7-20/h2-4,6-7,9-16,25,27,32H,5,8,17-19H2,1H3/t25-,27-/m0/s1. The summed E-state index contributed by atoms with van der Waals surface area (Å²) in [6.07, 6.45) is 1.59. The summed E-state index contributed by atoms with van der Waals surface area (Å²) >= 11 is 0. The molecule has 2 saturated heterocycles. The van der Waals surface area contributed by atoms with E-state index in [0.29, 0.717) is 35.8 Å². The first kappa shape index (κ1) is 24.6. The van der Waals surface area contributed by atoms with Crippen molar-refractivity contribution >= 4 is 17.4 Å². The van der Waals surface area contributed by atoms with Gasteiger partial charge in [-0.2, -0.15) is 0 Å². The van der Waals surface area contributed by atoms with Gasteiger partial charge in [0.1, 0.15) is 23.9 Å². The zero-order chi connectivity index (χ0) is 25.8. The van der Waals surface area contributed by atoms with Crippen LogP contribution in [0, 0.1) is 0 Å². The van der Waals surface area contributed by atoms with Crippen molar-refractivity contribution in [2.24, 2.45) is 0 Å². The van der Waals surface area contributed by atoms with E-state index in [2.05, 4.69) is 0 Å². The van der Waals surface area contributed by atoms with Crippen molar-refractivity contribution in [3.05, 3.63) is 101 Å². The summed E-state index contributed by atoms with van der Waals surface area (Å²) in [5.41, 5.74) is 2.25. The van der Waals surface area contributed by atoms with Gasteiger partial charge in [-0.25, -0.2) is 0 Å². The van der Waals surface area contributed by atoms with Crippen molar-refractivity contribution in [2.45, 2.75) is 31.6 Å². The number of carbonyl (C=O) groups excluding carboxylic acids is 2. The van der Waals surface area contributed by atoms with Gasteiger partial charge in [-0.05, 0) is 60.4 Å². The van der Waals surface area contributed by atoms with Crippen molar-refractivity contribution in [1.82, 2.24) is 4.90 Å². The number of ether oxygens (including phenoxy) is 3. The molecule has 0 saturated carbocycles. The van der Waals surface area contributed by atoms with Crippen LogP contribution in [0.25, 0.3) is 5.76 Å². The Morgan fingerprint density at radius 3 is 2.32 bits per heavy atom. The number of aliphatic hydroxyl groups is 1. The molecule has 7 nitrogen and oxygen atoms in total. The lowest BCUT2D eigenvalue weighted by Crippen LogP contribution is -2.36.